The number of benzene rings is 2. The standard InChI is InChI=1S/C29H37NO6/c1-17(31)36-21-10-7-18-8-11-27(34-2)22(13-18)23-14-19(9-12-28(23)35-3)25-16-26(32)29(33)24-6-4-5-20(15-21)30(24)25/h8-9,11-14,20-21,24-26,29,32-33H,4-7,10,15-16H2,1-3H3/t20-,21+,24-,25-,26+,29+/m0/s1. The summed E-state index contributed by atoms with van der Waals surface area (Å²) in [6.07, 6.45) is 3.60. The van der Waals surface area contributed by atoms with Gasteiger partial charge in [-0.3, -0.25) is 9.69 Å². The normalized spacial score (nSPS) is 30.1. The van der Waals surface area contributed by atoms with Crippen molar-refractivity contribution in [3.8, 4) is 22.6 Å². The van der Waals surface area contributed by atoms with Crippen LogP contribution >= 0.6 is 0 Å². The molecule has 194 valence electrons. The molecule has 0 amide bonds. The molecular formula is C29H37NO6. The van der Waals surface area contributed by atoms with E-state index in [1.807, 2.05) is 12.1 Å². The SMILES string of the molecule is COc1ccc2cc1-c1cc(ccc1OC)[C@@H]1C[C@@H](O)[C@H](O)[C@@H]3CCC[C@@H](C[C@H](OC(C)=O)CC2)N13. The molecule has 2 saturated heterocycles. The fourth-order valence-corrected chi connectivity index (χ4v) is 6.61. The zero-order chi connectivity index (χ0) is 25.4. The third-order valence-corrected chi connectivity index (χ3v) is 8.24. The van der Waals surface area contributed by atoms with E-state index >= 15 is 0 Å². The molecule has 7 nitrogen and oxygen atoms in total. The molecular weight excluding hydrogens is 458 g/mol. The number of hydrogen-bond donors (Lipinski definition) is 2. The van der Waals surface area contributed by atoms with Gasteiger partial charge in [-0.1, -0.05) is 18.6 Å². The molecule has 2 fully saturated rings. The van der Waals surface area contributed by atoms with Gasteiger partial charge in [0.25, 0.3) is 0 Å². The second-order valence-corrected chi connectivity index (χ2v) is 10.4. The molecule has 0 saturated carbocycles. The second kappa shape index (κ2) is 10.4. The largest absolute Gasteiger partial charge is 0.496 e. The first-order valence-corrected chi connectivity index (χ1v) is 13.1. The number of aliphatic hydroxyl groups is 2. The van der Waals surface area contributed by atoms with Crippen LogP contribution in [-0.2, 0) is 16.0 Å². The van der Waals surface area contributed by atoms with Gasteiger partial charge in [-0.2, -0.15) is 0 Å². The number of ether oxygens (including phenoxy) is 3. The number of methoxy groups -OCH3 is 2. The lowest BCUT2D eigenvalue weighted by Crippen LogP contribution is -2.61. The first-order valence-electron chi connectivity index (χ1n) is 13.1. The van der Waals surface area contributed by atoms with E-state index in [4.69, 9.17) is 14.2 Å². The minimum Gasteiger partial charge on any atom is -0.496 e. The highest BCUT2D eigenvalue weighted by atomic mass is 16.5. The Balaban J connectivity index is 1.68. The zero-order valence-corrected chi connectivity index (χ0v) is 21.4. The summed E-state index contributed by atoms with van der Waals surface area (Å²) in [7, 11) is 3.34. The van der Waals surface area contributed by atoms with Crippen LogP contribution in [0.5, 0.6) is 11.5 Å². The Bertz CT molecular complexity index is 1100. The molecule has 0 spiro atoms. The number of fused-ring (bicyclic) bond motifs is 6. The fourth-order valence-electron chi connectivity index (χ4n) is 6.61. The number of carbonyl (C=O) groups is 1. The molecule has 36 heavy (non-hydrogen) atoms. The van der Waals surface area contributed by atoms with Crippen molar-refractivity contribution in [3.05, 3.63) is 47.5 Å². The van der Waals surface area contributed by atoms with E-state index in [9.17, 15) is 15.0 Å². The Labute approximate surface area is 213 Å². The molecule has 0 aliphatic carbocycles. The van der Waals surface area contributed by atoms with Gasteiger partial charge in [0, 0.05) is 36.2 Å². The molecule has 2 aromatic carbocycles. The number of hydrogen-bond acceptors (Lipinski definition) is 7. The third kappa shape index (κ3) is 4.72. The Hall–Kier alpha value is -2.61. The second-order valence-electron chi connectivity index (χ2n) is 10.4. The predicted molar refractivity (Wildman–Crippen MR) is 136 cm³/mol. The zero-order valence-electron chi connectivity index (χ0n) is 21.4. The lowest BCUT2D eigenvalue weighted by atomic mass is 9.78. The quantitative estimate of drug-likeness (QED) is 0.622. The summed E-state index contributed by atoms with van der Waals surface area (Å²) in [5.74, 6) is 1.24. The Morgan fingerprint density at radius 2 is 1.67 bits per heavy atom. The van der Waals surface area contributed by atoms with Gasteiger partial charge in [0.05, 0.1) is 26.4 Å². The highest BCUT2D eigenvalue weighted by molar-refractivity contribution is 5.77. The molecule has 4 bridgehead atoms. The Morgan fingerprint density at radius 1 is 0.944 bits per heavy atom. The molecule has 0 radical (unpaired) electrons. The summed E-state index contributed by atoms with van der Waals surface area (Å²) in [4.78, 5) is 14.4. The Kier molecular flexibility index (Phi) is 7.24. The topological polar surface area (TPSA) is 88.5 Å². The van der Waals surface area contributed by atoms with E-state index < -0.39 is 12.2 Å². The maximum atomic E-state index is 12.0. The van der Waals surface area contributed by atoms with Crippen LogP contribution in [0.3, 0.4) is 0 Å². The van der Waals surface area contributed by atoms with Crippen LogP contribution in [0.2, 0.25) is 0 Å². The van der Waals surface area contributed by atoms with Crippen LogP contribution in [0.25, 0.3) is 11.1 Å². The first kappa shape index (κ1) is 25.1. The van der Waals surface area contributed by atoms with E-state index in [2.05, 4.69) is 29.2 Å². The van der Waals surface area contributed by atoms with Gasteiger partial charge in [-0.25, -0.2) is 0 Å². The highest BCUT2D eigenvalue weighted by Gasteiger charge is 2.47. The number of piperidine rings is 2. The highest BCUT2D eigenvalue weighted by Crippen LogP contribution is 2.46. The van der Waals surface area contributed by atoms with Crippen molar-refractivity contribution in [2.24, 2.45) is 0 Å². The number of nitrogens with zero attached hydrogens (tertiary/aromatic N) is 1. The lowest BCUT2D eigenvalue weighted by molar-refractivity contribution is -0.152. The summed E-state index contributed by atoms with van der Waals surface area (Å²) in [5.41, 5.74) is 4.10. The van der Waals surface area contributed by atoms with Crippen molar-refractivity contribution >= 4 is 5.97 Å². The third-order valence-electron chi connectivity index (χ3n) is 8.24. The maximum Gasteiger partial charge on any atom is 0.302 e. The minimum atomic E-state index is -0.793. The molecule has 5 rings (SSSR count). The summed E-state index contributed by atoms with van der Waals surface area (Å²) < 4.78 is 17.3. The van der Waals surface area contributed by atoms with Gasteiger partial charge in [-0.05, 0) is 73.9 Å². The number of aliphatic hydroxyl groups excluding tert-OH is 2. The van der Waals surface area contributed by atoms with E-state index in [1.165, 1.54) is 6.92 Å². The van der Waals surface area contributed by atoms with Gasteiger partial charge in [0.15, 0.2) is 0 Å². The van der Waals surface area contributed by atoms with Gasteiger partial charge in [0.1, 0.15) is 17.6 Å². The predicted octanol–water partition coefficient (Wildman–Crippen LogP) is 4.03. The molecule has 3 heterocycles. The number of carbonyl (C=O) groups excluding carboxylic acids is 1. The average molecular weight is 496 g/mol. The van der Waals surface area contributed by atoms with Crippen LogP contribution in [0.4, 0.5) is 0 Å². The molecule has 0 unspecified atom stereocenters. The van der Waals surface area contributed by atoms with Crippen molar-refractivity contribution in [3.63, 3.8) is 0 Å². The van der Waals surface area contributed by atoms with E-state index in [0.29, 0.717) is 19.3 Å². The number of aryl methyl sites for hydroxylation is 1. The molecule has 6 atom stereocenters. The first-order chi connectivity index (χ1) is 17.4. The van der Waals surface area contributed by atoms with E-state index in [1.54, 1.807) is 14.2 Å². The fraction of sp³-hybridized carbons (Fsp3) is 0.552. The van der Waals surface area contributed by atoms with Crippen molar-refractivity contribution < 1.29 is 29.2 Å². The molecule has 2 aromatic rings. The molecule has 3 aliphatic rings. The van der Waals surface area contributed by atoms with Crippen molar-refractivity contribution in [2.75, 3.05) is 14.2 Å². The molecule has 7 heteroatoms. The molecule has 0 aromatic heterocycles. The Morgan fingerprint density at radius 3 is 2.39 bits per heavy atom. The van der Waals surface area contributed by atoms with E-state index in [0.717, 1.165) is 59.4 Å². The van der Waals surface area contributed by atoms with Crippen LogP contribution in [0, 0.1) is 0 Å². The number of esters is 1. The minimum absolute atomic E-state index is 0.0729. The number of rotatable bonds is 3. The van der Waals surface area contributed by atoms with Crippen molar-refractivity contribution in [2.45, 2.75) is 88.3 Å². The van der Waals surface area contributed by atoms with Gasteiger partial charge in [0.2, 0.25) is 0 Å². The van der Waals surface area contributed by atoms with Gasteiger partial charge >= 0.3 is 5.97 Å². The van der Waals surface area contributed by atoms with Gasteiger partial charge in [-0.15, -0.1) is 0 Å². The van der Waals surface area contributed by atoms with Crippen molar-refractivity contribution in [1.82, 2.24) is 4.90 Å². The van der Waals surface area contributed by atoms with Crippen molar-refractivity contribution in [1.29, 1.82) is 0 Å². The van der Waals surface area contributed by atoms with Crippen LogP contribution in [0.15, 0.2) is 36.4 Å². The van der Waals surface area contributed by atoms with Crippen LogP contribution in [-0.4, -0.2) is 65.7 Å². The van der Waals surface area contributed by atoms with Gasteiger partial charge < -0.3 is 24.4 Å². The van der Waals surface area contributed by atoms with E-state index in [-0.39, 0.29) is 30.2 Å². The maximum absolute atomic E-state index is 12.0. The summed E-state index contributed by atoms with van der Waals surface area (Å²) in [5, 5.41) is 21.9. The lowest BCUT2D eigenvalue weighted by Gasteiger charge is -2.53. The summed E-state index contributed by atoms with van der Waals surface area (Å²) in [6.45, 7) is 1.47. The molecule has 3 aliphatic heterocycles. The smallest absolute Gasteiger partial charge is 0.302 e. The van der Waals surface area contributed by atoms with Crippen LogP contribution in [0.1, 0.15) is 62.6 Å². The average Bonchev–Trinajstić information content (AvgIpc) is 2.88. The van der Waals surface area contributed by atoms with Crippen LogP contribution < -0.4 is 9.47 Å². The molecule has 2 N–H and O–H groups in total. The monoisotopic (exact) mass is 495 g/mol. The summed E-state index contributed by atoms with van der Waals surface area (Å²) in [6, 6.07) is 12.3. The summed E-state index contributed by atoms with van der Waals surface area (Å²) >= 11 is 0.